The van der Waals surface area contributed by atoms with Gasteiger partial charge in [0.15, 0.2) is 5.78 Å². The van der Waals surface area contributed by atoms with Gasteiger partial charge in [0.05, 0.1) is 6.54 Å². The molecular weight excluding hydrogens is 417 g/mol. The Kier molecular flexibility index (Phi) is 7.63. The number of hydrogen-bond donors (Lipinski definition) is 0. The maximum absolute atomic E-state index is 13.2. The summed E-state index contributed by atoms with van der Waals surface area (Å²) in [6, 6.07) is 8.48. The first-order valence-electron chi connectivity index (χ1n) is 12.4. The van der Waals surface area contributed by atoms with Crippen LogP contribution in [0.2, 0.25) is 0 Å². The highest BCUT2D eigenvalue weighted by molar-refractivity contribution is 5.99. The van der Waals surface area contributed by atoms with Crippen molar-refractivity contribution >= 4 is 11.7 Å². The molecule has 0 aliphatic carbocycles. The Morgan fingerprint density at radius 1 is 0.939 bits per heavy atom. The SMILES string of the molecule is Cc1cc(C(=O)CN2CCC(C(=O)N3CCCCCC3)CC2)c(C)n1Cc1ccc(F)cc1. The van der Waals surface area contributed by atoms with Crippen molar-refractivity contribution in [1.29, 1.82) is 0 Å². The molecule has 1 aromatic heterocycles. The van der Waals surface area contributed by atoms with E-state index in [9.17, 15) is 14.0 Å². The van der Waals surface area contributed by atoms with Crippen LogP contribution in [-0.2, 0) is 11.3 Å². The van der Waals surface area contributed by atoms with Gasteiger partial charge in [-0.05, 0) is 76.4 Å². The molecule has 2 aromatic rings. The summed E-state index contributed by atoms with van der Waals surface area (Å²) in [5, 5.41) is 0. The third-order valence-electron chi connectivity index (χ3n) is 7.35. The number of piperidine rings is 1. The molecule has 2 aliphatic rings. The Morgan fingerprint density at radius 3 is 2.21 bits per heavy atom. The minimum Gasteiger partial charge on any atom is -0.344 e. The molecule has 0 radical (unpaired) electrons. The number of amides is 1. The topological polar surface area (TPSA) is 45.6 Å². The Balaban J connectivity index is 1.32. The zero-order valence-electron chi connectivity index (χ0n) is 20.0. The molecule has 6 heteroatoms. The molecular formula is C27H36FN3O2. The Morgan fingerprint density at radius 2 is 1.58 bits per heavy atom. The third kappa shape index (κ3) is 5.72. The molecule has 2 saturated heterocycles. The molecule has 5 nitrogen and oxygen atoms in total. The number of hydrogen-bond acceptors (Lipinski definition) is 3. The second-order valence-corrected chi connectivity index (χ2v) is 9.71. The van der Waals surface area contributed by atoms with E-state index in [1.54, 1.807) is 12.1 Å². The van der Waals surface area contributed by atoms with Crippen molar-refractivity contribution in [3.8, 4) is 0 Å². The second kappa shape index (κ2) is 10.6. The predicted octanol–water partition coefficient (Wildman–Crippen LogP) is 4.59. The van der Waals surface area contributed by atoms with Crippen LogP contribution in [0.5, 0.6) is 0 Å². The standard InChI is InChI=1S/C27H36FN3O2/c1-20-17-25(21(2)31(20)18-22-7-9-24(28)10-8-22)26(32)19-29-15-11-23(12-16-29)27(33)30-13-5-3-4-6-14-30/h7-10,17,23H,3-6,11-16,18-19H2,1-2H3. The van der Waals surface area contributed by atoms with Crippen molar-refractivity contribution in [2.75, 3.05) is 32.7 Å². The van der Waals surface area contributed by atoms with Crippen LogP contribution >= 0.6 is 0 Å². The minimum absolute atomic E-state index is 0.107. The van der Waals surface area contributed by atoms with Crippen molar-refractivity contribution < 1.29 is 14.0 Å². The maximum Gasteiger partial charge on any atom is 0.225 e. The van der Waals surface area contributed by atoms with Gasteiger partial charge < -0.3 is 9.47 Å². The number of rotatable bonds is 6. The molecule has 1 aromatic carbocycles. The highest BCUT2D eigenvalue weighted by atomic mass is 19.1. The zero-order valence-corrected chi connectivity index (χ0v) is 20.0. The summed E-state index contributed by atoms with van der Waals surface area (Å²) in [6.07, 6.45) is 6.39. The summed E-state index contributed by atoms with van der Waals surface area (Å²) in [5.41, 5.74) is 3.75. The van der Waals surface area contributed by atoms with E-state index < -0.39 is 0 Å². The number of aryl methyl sites for hydroxylation is 1. The molecule has 0 saturated carbocycles. The van der Waals surface area contributed by atoms with Crippen molar-refractivity contribution in [3.63, 3.8) is 0 Å². The predicted molar refractivity (Wildman–Crippen MR) is 128 cm³/mol. The van der Waals surface area contributed by atoms with E-state index in [1.165, 1.54) is 25.0 Å². The van der Waals surface area contributed by atoms with Crippen LogP contribution in [0.25, 0.3) is 0 Å². The first kappa shape index (κ1) is 23.7. The van der Waals surface area contributed by atoms with Gasteiger partial charge in [0.2, 0.25) is 5.91 Å². The third-order valence-corrected chi connectivity index (χ3v) is 7.35. The smallest absolute Gasteiger partial charge is 0.225 e. The first-order chi connectivity index (χ1) is 15.9. The molecule has 0 bridgehead atoms. The fourth-order valence-electron chi connectivity index (χ4n) is 5.27. The second-order valence-electron chi connectivity index (χ2n) is 9.71. The number of nitrogens with zero attached hydrogens (tertiary/aromatic N) is 3. The lowest BCUT2D eigenvalue weighted by Crippen LogP contribution is -2.44. The lowest BCUT2D eigenvalue weighted by molar-refractivity contribution is -0.137. The quantitative estimate of drug-likeness (QED) is 0.601. The lowest BCUT2D eigenvalue weighted by atomic mass is 9.94. The van der Waals surface area contributed by atoms with Crippen molar-refractivity contribution in [2.45, 2.75) is 58.9 Å². The number of aromatic nitrogens is 1. The van der Waals surface area contributed by atoms with E-state index in [1.807, 2.05) is 19.9 Å². The van der Waals surface area contributed by atoms with Crippen molar-refractivity contribution in [1.82, 2.24) is 14.4 Å². The van der Waals surface area contributed by atoms with E-state index in [0.717, 1.165) is 74.4 Å². The Bertz CT molecular complexity index is 966. The Labute approximate surface area is 196 Å². The van der Waals surface area contributed by atoms with Crippen LogP contribution in [0.1, 0.15) is 65.8 Å². The molecule has 178 valence electrons. The van der Waals surface area contributed by atoms with E-state index in [-0.39, 0.29) is 17.5 Å². The van der Waals surface area contributed by atoms with Gasteiger partial charge in [-0.1, -0.05) is 25.0 Å². The summed E-state index contributed by atoms with van der Waals surface area (Å²) in [4.78, 5) is 30.3. The van der Waals surface area contributed by atoms with Gasteiger partial charge in [0, 0.05) is 42.5 Å². The molecule has 2 fully saturated rings. The fourth-order valence-corrected chi connectivity index (χ4v) is 5.27. The van der Waals surface area contributed by atoms with Gasteiger partial charge in [-0.25, -0.2) is 4.39 Å². The van der Waals surface area contributed by atoms with Crippen molar-refractivity contribution in [3.05, 3.63) is 58.7 Å². The van der Waals surface area contributed by atoms with E-state index in [4.69, 9.17) is 0 Å². The molecule has 3 heterocycles. The number of Topliss-reactive ketones (excluding diaryl/α,β-unsaturated/α-hetero) is 1. The number of carbonyl (C=O) groups excluding carboxylic acids is 2. The lowest BCUT2D eigenvalue weighted by Gasteiger charge is -2.33. The van der Waals surface area contributed by atoms with E-state index in [2.05, 4.69) is 14.4 Å². The fraction of sp³-hybridized carbons (Fsp3) is 0.556. The number of likely N-dealkylation sites (tertiary alicyclic amines) is 2. The molecule has 0 spiro atoms. The van der Waals surface area contributed by atoms with Gasteiger partial charge in [-0.15, -0.1) is 0 Å². The van der Waals surface area contributed by atoms with Crippen LogP contribution in [0.3, 0.4) is 0 Å². The molecule has 4 rings (SSSR count). The average molecular weight is 454 g/mol. The monoisotopic (exact) mass is 453 g/mol. The normalized spacial score (nSPS) is 18.3. The van der Waals surface area contributed by atoms with E-state index in [0.29, 0.717) is 19.0 Å². The van der Waals surface area contributed by atoms with Gasteiger partial charge in [-0.3, -0.25) is 14.5 Å². The Hall–Kier alpha value is -2.47. The molecule has 2 aliphatic heterocycles. The van der Waals surface area contributed by atoms with Gasteiger partial charge in [0.1, 0.15) is 5.82 Å². The van der Waals surface area contributed by atoms with Crippen LogP contribution in [0, 0.1) is 25.6 Å². The molecule has 0 atom stereocenters. The number of ketones is 1. The molecule has 0 unspecified atom stereocenters. The molecule has 0 N–H and O–H groups in total. The summed E-state index contributed by atoms with van der Waals surface area (Å²) < 4.78 is 15.3. The van der Waals surface area contributed by atoms with Gasteiger partial charge in [-0.2, -0.15) is 0 Å². The minimum atomic E-state index is -0.243. The summed E-state index contributed by atoms with van der Waals surface area (Å²) in [5.74, 6) is 0.320. The first-order valence-corrected chi connectivity index (χ1v) is 12.4. The summed E-state index contributed by atoms with van der Waals surface area (Å²) in [7, 11) is 0. The summed E-state index contributed by atoms with van der Waals surface area (Å²) in [6.45, 7) is 8.41. The summed E-state index contributed by atoms with van der Waals surface area (Å²) >= 11 is 0. The molecule has 33 heavy (non-hydrogen) atoms. The van der Waals surface area contributed by atoms with Crippen LogP contribution in [0.15, 0.2) is 30.3 Å². The molecule has 1 amide bonds. The van der Waals surface area contributed by atoms with Crippen LogP contribution in [0.4, 0.5) is 4.39 Å². The highest BCUT2D eigenvalue weighted by Crippen LogP contribution is 2.23. The van der Waals surface area contributed by atoms with Crippen molar-refractivity contribution in [2.24, 2.45) is 5.92 Å². The van der Waals surface area contributed by atoms with Gasteiger partial charge >= 0.3 is 0 Å². The van der Waals surface area contributed by atoms with E-state index >= 15 is 0 Å². The number of halogens is 1. The van der Waals surface area contributed by atoms with Gasteiger partial charge in [0.25, 0.3) is 0 Å². The highest BCUT2D eigenvalue weighted by Gasteiger charge is 2.30. The largest absolute Gasteiger partial charge is 0.344 e. The zero-order chi connectivity index (χ0) is 23.4. The number of benzene rings is 1. The van der Waals surface area contributed by atoms with Crippen LogP contribution < -0.4 is 0 Å². The maximum atomic E-state index is 13.2. The number of carbonyl (C=O) groups is 2. The average Bonchev–Trinajstić information content (AvgIpc) is 3.00. The van der Waals surface area contributed by atoms with Crippen LogP contribution in [-0.4, -0.2) is 58.8 Å².